The molecule has 1 unspecified atom stereocenters. The van der Waals surface area contributed by atoms with Crippen LogP contribution in [0.3, 0.4) is 0 Å². The van der Waals surface area contributed by atoms with E-state index in [1.54, 1.807) is 43.5 Å². The molecule has 1 fully saturated rings. The molecule has 1 saturated heterocycles. The monoisotopic (exact) mass is 453 g/mol. The van der Waals surface area contributed by atoms with Gasteiger partial charge in [0.2, 0.25) is 0 Å². The molecule has 7 nitrogen and oxygen atoms in total. The van der Waals surface area contributed by atoms with Crippen molar-refractivity contribution in [2.45, 2.75) is 39.2 Å². The maximum absolute atomic E-state index is 13.1. The van der Waals surface area contributed by atoms with Crippen molar-refractivity contribution in [3.05, 3.63) is 58.7 Å². The van der Waals surface area contributed by atoms with Gasteiger partial charge < -0.3 is 24.2 Å². The number of Topliss-reactive ketones (excluding diaryl/α,β-unsaturated/α-hetero) is 1. The van der Waals surface area contributed by atoms with Crippen molar-refractivity contribution >= 4 is 17.4 Å². The third-order valence-corrected chi connectivity index (χ3v) is 5.85. The predicted molar refractivity (Wildman–Crippen MR) is 126 cm³/mol. The first kappa shape index (κ1) is 24.2. The lowest BCUT2D eigenvalue weighted by atomic mass is 9.93. The Labute approximate surface area is 194 Å². The Bertz CT molecular complexity index is 1090. The summed E-state index contributed by atoms with van der Waals surface area (Å²) in [4.78, 5) is 27.6. The van der Waals surface area contributed by atoms with E-state index in [1.165, 1.54) is 19.1 Å². The largest absolute Gasteiger partial charge is 0.507 e. The van der Waals surface area contributed by atoms with Gasteiger partial charge in [0, 0.05) is 12.1 Å². The van der Waals surface area contributed by atoms with Crippen LogP contribution in [-0.4, -0.2) is 49.6 Å². The van der Waals surface area contributed by atoms with Crippen LogP contribution in [0.4, 0.5) is 0 Å². The van der Waals surface area contributed by atoms with Gasteiger partial charge in [-0.05, 0) is 53.8 Å². The number of rotatable bonds is 8. The number of methoxy groups -OCH3 is 3. The number of ketones is 1. The zero-order chi connectivity index (χ0) is 24.3. The molecule has 0 aromatic heterocycles. The van der Waals surface area contributed by atoms with Crippen molar-refractivity contribution in [3.63, 3.8) is 0 Å². The van der Waals surface area contributed by atoms with Crippen LogP contribution in [0.1, 0.15) is 55.8 Å². The summed E-state index contributed by atoms with van der Waals surface area (Å²) in [5, 5.41) is 11.3. The van der Waals surface area contributed by atoms with Crippen LogP contribution in [-0.2, 0) is 9.59 Å². The fraction of sp³-hybridized carbons (Fsp3) is 0.385. The van der Waals surface area contributed by atoms with E-state index in [-0.39, 0.29) is 17.3 Å². The van der Waals surface area contributed by atoms with Gasteiger partial charge in [0.15, 0.2) is 11.5 Å². The first-order chi connectivity index (χ1) is 15.8. The molecule has 7 heteroatoms. The first-order valence-corrected chi connectivity index (χ1v) is 11.0. The zero-order valence-corrected chi connectivity index (χ0v) is 20.0. The molecule has 1 amide bonds. The first-order valence-electron chi connectivity index (χ1n) is 11.0. The van der Waals surface area contributed by atoms with Gasteiger partial charge in [0.25, 0.3) is 11.7 Å². The van der Waals surface area contributed by atoms with Crippen molar-refractivity contribution in [2.24, 2.45) is 0 Å². The minimum Gasteiger partial charge on any atom is -0.507 e. The second-order valence-electron chi connectivity index (χ2n) is 8.22. The minimum absolute atomic E-state index is 0.0561. The molecule has 1 heterocycles. The normalized spacial score (nSPS) is 17.5. The van der Waals surface area contributed by atoms with E-state index in [9.17, 15) is 14.7 Å². The van der Waals surface area contributed by atoms with Gasteiger partial charge in [-0.15, -0.1) is 0 Å². The van der Waals surface area contributed by atoms with E-state index in [0.29, 0.717) is 41.3 Å². The Balaban J connectivity index is 2.23. The molecule has 1 N–H and O–H groups in total. The molecule has 2 aromatic rings. The lowest BCUT2D eigenvalue weighted by Crippen LogP contribution is -2.30. The smallest absolute Gasteiger partial charge is 0.295 e. The molecule has 0 bridgehead atoms. The van der Waals surface area contributed by atoms with Gasteiger partial charge in [0.1, 0.15) is 11.5 Å². The molecule has 1 aliphatic rings. The van der Waals surface area contributed by atoms with E-state index in [1.807, 2.05) is 20.8 Å². The topological polar surface area (TPSA) is 85.3 Å². The number of aliphatic hydroxyl groups is 1. The number of hydrogen-bond acceptors (Lipinski definition) is 6. The minimum atomic E-state index is -0.741. The van der Waals surface area contributed by atoms with E-state index in [4.69, 9.17) is 14.2 Å². The molecule has 1 atom stereocenters. The molecule has 0 spiro atoms. The van der Waals surface area contributed by atoms with Gasteiger partial charge in [-0.1, -0.05) is 26.8 Å². The van der Waals surface area contributed by atoms with Gasteiger partial charge in [-0.3, -0.25) is 9.59 Å². The highest BCUT2D eigenvalue weighted by Crippen LogP contribution is 2.42. The standard InChI is InChI=1S/C26H31NO6/c1-7-12-27-23(16-8-11-20(32-5)21(14-16)33-6)22(25(29)26(27)30)24(28)17-9-10-19(31-4)18(13-17)15(2)3/h8-11,13-15,23,28H,7,12H2,1-6H3/b24-22+. The third-order valence-electron chi connectivity index (χ3n) is 5.85. The zero-order valence-electron chi connectivity index (χ0n) is 20.0. The van der Waals surface area contributed by atoms with Crippen LogP contribution in [0.15, 0.2) is 42.0 Å². The highest BCUT2D eigenvalue weighted by molar-refractivity contribution is 6.46. The number of carbonyl (C=O) groups is 2. The number of likely N-dealkylation sites (tertiary alicyclic amines) is 1. The highest BCUT2D eigenvalue weighted by Gasteiger charge is 2.46. The quantitative estimate of drug-likeness (QED) is 0.355. The lowest BCUT2D eigenvalue weighted by molar-refractivity contribution is -0.139. The lowest BCUT2D eigenvalue weighted by Gasteiger charge is -2.25. The summed E-state index contributed by atoms with van der Waals surface area (Å²) in [6.07, 6.45) is 0.664. The number of benzene rings is 2. The number of amides is 1. The van der Waals surface area contributed by atoms with Crippen LogP contribution in [0.25, 0.3) is 5.76 Å². The van der Waals surface area contributed by atoms with E-state index < -0.39 is 17.7 Å². The Kier molecular flexibility index (Phi) is 7.31. The van der Waals surface area contributed by atoms with E-state index in [2.05, 4.69) is 0 Å². The van der Waals surface area contributed by atoms with E-state index in [0.717, 1.165) is 5.56 Å². The van der Waals surface area contributed by atoms with Gasteiger partial charge >= 0.3 is 0 Å². The molecule has 0 saturated carbocycles. The third kappa shape index (κ3) is 4.40. The summed E-state index contributed by atoms with van der Waals surface area (Å²) in [5.41, 5.74) is 2.06. The molecular formula is C26H31NO6. The molecule has 1 aliphatic heterocycles. The Hall–Kier alpha value is -3.48. The number of hydrogen-bond donors (Lipinski definition) is 1. The summed E-state index contributed by atoms with van der Waals surface area (Å²) >= 11 is 0. The van der Waals surface area contributed by atoms with Crippen LogP contribution in [0, 0.1) is 0 Å². The molecular weight excluding hydrogens is 422 g/mol. The molecule has 3 rings (SSSR count). The second kappa shape index (κ2) is 9.98. The van der Waals surface area contributed by atoms with Crippen molar-refractivity contribution in [1.82, 2.24) is 4.90 Å². The summed E-state index contributed by atoms with van der Waals surface area (Å²) in [7, 11) is 4.65. The fourth-order valence-corrected chi connectivity index (χ4v) is 4.21. The maximum atomic E-state index is 13.1. The molecule has 33 heavy (non-hydrogen) atoms. The van der Waals surface area contributed by atoms with Crippen molar-refractivity contribution in [2.75, 3.05) is 27.9 Å². The number of carbonyl (C=O) groups excluding carboxylic acids is 2. The van der Waals surface area contributed by atoms with E-state index >= 15 is 0 Å². The SMILES string of the molecule is CCCN1C(=O)C(=O)/C(=C(/O)c2ccc(OC)c(C(C)C)c2)C1c1ccc(OC)c(OC)c1. The summed E-state index contributed by atoms with van der Waals surface area (Å²) in [6, 6.07) is 9.76. The molecule has 0 aliphatic carbocycles. The van der Waals surface area contributed by atoms with Crippen LogP contribution >= 0.6 is 0 Å². The highest BCUT2D eigenvalue weighted by atomic mass is 16.5. The van der Waals surface area contributed by atoms with Gasteiger partial charge in [-0.2, -0.15) is 0 Å². The van der Waals surface area contributed by atoms with Gasteiger partial charge in [0.05, 0.1) is 32.9 Å². The van der Waals surface area contributed by atoms with Crippen molar-refractivity contribution in [3.8, 4) is 17.2 Å². The Morgan fingerprint density at radius 3 is 2.18 bits per heavy atom. The van der Waals surface area contributed by atoms with Crippen molar-refractivity contribution < 1.29 is 28.9 Å². The van der Waals surface area contributed by atoms with Crippen LogP contribution < -0.4 is 14.2 Å². The number of nitrogens with zero attached hydrogens (tertiary/aromatic N) is 1. The average molecular weight is 454 g/mol. The Morgan fingerprint density at radius 2 is 1.61 bits per heavy atom. The average Bonchev–Trinajstić information content (AvgIpc) is 3.07. The second-order valence-corrected chi connectivity index (χ2v) is 8.22. The van der Waals surface area contributed by atoms with Crippen LogP contribution in [0.5, 0.6) is 17.2 Å². The number of ether oxygens (including phenoxy) is 3. The number of aliphatic hydroxyl groups excluding tert-OH is 1. The van der Waals surface area contributed by atoms with Crippen LogP contribution in [0.2, 0.25) is 0 Å². The summed E-state index contributed by atoms with van der Waals surface area (Å²) in [5.74, 6) is 0.296. The molecule has 0 radical (unpaired) electrons. The summed E-state index contributed by atoms with van der Waals surface area (Å²) < 4.78 is 16.2. The Morgan fingerprint density at radius 1 is 0.970 bits per heavy atom. The van der Waals surface area contributed by atoms with Gasteiger partial charge in [-0.25, -0.2) is 0 Å². The summed E-state index contributed by atoms with van der Waals surface area (Å²) in [6.45, 7) is 6.35. The fourth-order valence-electron chi connectivity index (χ4n) is 4.21. The molecule has 2 aromatic carbocycles. The molecule has 176 valence electrons. The maximum Gasteiger partial charge on any atom is 0.295 e. The van der Waals surface area contributed by atoms with Crippen molar-refractivity contribution in [1.29, 1.82) is 0 Å². The predicted octanol–water partition coefficient (Wildman–Crippen LogP) is 4.67.